The van der Waals surface area contributed by atoms with Crippen molar-refractivity contribution in [2.45, 2.75) is 135 Å². The van der Waals surface area contributed by atoms with E-state index in [2.05, 4.69) is 29.4 Å². The normalized spacial score (nSPS) is 11.8. The van der Waals surface area contributed by atoms with Crippen molar-refractivity contribution in [3.05, 3.63) is 71.5 Å². The molecule has 0 aliphatic heterocycles. The van der Waals surface area contributed by atoms with Crippen LogP contribution in [-0.2, 0) is 65.3 Å². The van der Waals surface area contributed by atoms with E-state index < -0.39 is 10.1 Å². The predicted molar refractivity (Wildman–Crippen MR) is 260 cm³/mol. The Labute approximate surface area is 403 Å². The van der Waals surface area contributed by atoms with Crippen LogP contribution in [0.4, 0.5) is 0 Å². The van der Waals surface area contributed by atoms with Crippen LogP contribution in [0, 0.1) is 6.92 Å². The number of hydrogen-bond acceptors (Lipinski definition) is 14. The molecule has 0 bridgehead atoms. The molecule has 3 rings (SSSR count). The van der Waals surface area contributed by atoms with Gasteiger partial charge in [0.25, 0.3) is 10.1 Å². The Hall–Kier alpha value is -3.03. The largest absolute Gasteiger partial charge is 0.494 e. The molecule has 0 N–H and O–H groups in total. The third-order valence-electron chi connectivity index (χ3n) is 10.8. The molecule has 0 atom stereocenters. The zero-order valence-electron chi connectivity index (χ0n) is 41.1. The molecule has 16 heteroatoms. The molecular weight excluding hydrogens is 879 g/mol. The van der Waals surface area contributed by atoms with Gasteiger partial charge in [-0.05, 0) is 43.2 Å². The molecule has 15 nitrogen and oxygen atoms in total. The number of unbranched alkanes of at least 4 members (excludes halogenated alkanes) is 15. The summed E-state index contributed by atoms with van der Waals surface area (Å²) in [6.07, 6.45) is 23.8. The maximum Gasteiger partial charge on any atom is 0.297 e. The van der Waals surface area contributed by atoms with Crippen LogP contribution in [0.5, 0.6) is 5.75 Å². The molecule has 0 saturated carbocycles. The summed E-state index contributed by atoms with van der Waals surface area (Å²) in [5.74, 6) is 0.914. The van der Waals surface area contributed by atoms with Crippen LogP contribution in [0.1, 0.15) is 126 Å². The monoisotopic (exact) mass is 964 g/mol. The summed E-state index contributed by atoms with van der Waals surface area (Å²) >= 11 is 0. The van der Waals surface area contributed by atoms with Crippen LogP contribution in [0.15, 0.2) is 59.6 Å². The van der Waals surface area contributed by atoms with Gasteiger partial charge in [-0.2, -0.15) is 8.42 Å². The van der Waals surface area contributed by atoms with Gasteiger partial charge in [-0.1, -0.05) is 138 Å². The van der Waals surface area contributed by atoms with Gasteiger partial charge in [-0.15, -0.1) is 5.10 Å². The van der Waals surface area contributed by atoms with Gasteiger partial charge in [0.1, 0.15) is 11.4 Å². The molecule has 0 unspecified atom stereocenters. The van der Waals surface area contributed by atoms with Gasteiger partial charge in [0, 0.05) is 0 Å². The van der Waals surface area contributed by atoms with Crippen molar-refractivity contribution in [2.75, 3.05) is 112 Å². The number of benzene rings is 2. The lowest BCUT2D eigenvalue weighted by Crippen LogP contribution is -2.15. The van der Waals surface area contributed by atoms with E-state index >= 15 is 0 Å². The molecule has 1 aromatic heterocycles. The SMILES string of the molecule is CCCCCCCCCCCCCCCCCCOc1ccc(Cn2cc(COCCOCCOCCOCCOCCOCCOCCOCCOS(=O)(=O)c3ccc(C)cc3)nn2)cc1. The minimum absolute atomic E-state index is 0.0613. The molecule has 67 heavy (non-hydrogen) atoms. The van der Waals surface area contributed by atoms with Gasteiger partial charge >= 0.3 is 0 Å². The number of aromatic nitrogens is 3. The summed E-state index contributed by atoms with van der Waals surface area (Å²) in [5.41, 5.74) is 2.89. The highest BCUT2D eigenvalue weighted by atomic mass is 32.2. The van der Waals surface area contributed by atoms with Crippen molar-refractivity contribution < 1.29 is 55.2 Å². The molecule has 3 aromatic rings. The standard InChI is InChI=1S/C51H85N3O12S/c1-3-4-5-6-7-8-9-10-11-12-13-14-15-16-17-18-27-65-50-23-21-48(22-24-50)44-54-45-49(52-53-54)46-64-41-40-62-37-36-60-33-32-58-29-28-57-30-31-59-34-35-61-38-39-63-42-43-66-67(55,56)51-25-19-47(2)20-26-51/h19-26,45H,3-18,27-44,46H2,1-2H3. The summed E-state index contributed by atoms with van der Waals surface area (Å²) in [7, 11) is -3.78. The number of aryl methyl sites for hydroxylation is 1. The first-order chi connectivity index (χ1) is 33.0. The Balaban J connectivity index is 0.989. The smallest absolute Gasteiger partial charge is 0.297 e. The second-order valence-corrected chi connectivity index (χ2v) is 18.2. The molecule has 0 amide bonds. The van der Waals surface area contributed by atoms with E-state index in [0.29, 0.717) is 106 Å². The highest BCUT2D eigenvalue weighted by molar-refractivity contribution is 7.86. The topological polar surface area (TPSA) is 157 Å². The van der Waals surface area contributed by atoms with Gasteiger partial charge in [-0.3, -0.25) is 4.18 Å². The van der Waals surface area contributed by atoms with Crippen LogP contribution in [0.3, 0.4) is 0 Å². The van der Waals surface area contributed by atoms with Gasteiger partial charge in [-0.25, -0.2) is 4.68 Å². The molecule has 2 aromatic carbocycles. The summed E-state index contributed by atoms with van der Waals surface area (Å²) in [5, 5.41) is 8.49. The van der Waals surface area contributed by atoms with Gasteiger partial charge < -0.3 is 42.6 Å². The summed E-state index contributed by atoms with van der Waals surface area (Å²) in [4.78, 5) is 0.128. The first-order valence-corrected chi connectivity index (χ1v) is 26.6. The molecule has 0 saturated heterocycles. The second-order valence-electron chi connectivity index (χ2n) is 16.6. The van der Waals surface area contributed by atoms with E-state index in [9.17, 15) is 8.42 Å². The van der Waals surface area contributed by atoms with Gasteiger partial charge in [0.05, 0.1) is 137 Å². The molecule has 0 spiro atoms. The number of rotatable bonds is 48. The fourth-order valence-electron chi connectivity index (χ4n) is 6.89. The molecule has 0 aliphatic rings. The highest BCUT2D eigenvalue weighted by Crippen LogP contribution is 2.17. The number of hydrogen-bond donors (Lipinski definition) is 0. The van der Waals surface area contributed by atoms with Crippen molar-refractivity contribution in [1.82, 2.24) is 15.0 Å². The molecule has 382 valence electrons. The van der Waals surface area contributed by atoms with E-state index in [1.165, 1.54) is 108 Å². The van der Waals surface area contributed by atoms with E-state index in [-0.39, 0.29) is 18.1 Å². The predicted octanol–water partition coefficient (Wildman–Crippen LogP) is 9.31. The Kier molecular flexibility index (Phi) is 35.5. The summed E-state index contributed by atoms with van der Waals surface area (Å²) in [6.45, 7) is 12.3. The molecule has 0 aliphatic carbocycles. The highest BCUT2D eigenvalue weighted by Gasteiger charge is 2.14. The maximum absolute atomic E-state index is 12.1. The minimum atomic E-state index is -3.78. The van der Waals surface area contributed by atoms with E-state index in [1.807, 2.05) is 29.9 Å². The Morgan fingerprint density at radius 1 is 0.463 bits per heavy atom. The van der Waals surface area contributed by atoms with Gasteiger partial charge in [0.2, 0.25) is 0 Å². The fourth-order valence-corrected chi connectivity index (χ4v) is 7.78. The van der Waals surface area contributed by atoms with E-state index in [1.54, 1.807) is 12.1 Å². The lowest BCUT2D eigenvalue weighted by molar-refractivity contribution is -0.0241. The minimum Gasteiger partial charge on any atom is -0.494 e. The zero-order valence-corrected chi connectivity index (χ0v) is 41.9. The Morgan fingerprint density at radius 2 is 0.866 bits per heavy atom. The van der Waals surface area contributed by atoms with Crippen LogP contribution >= 0.6 is 0 Å². The van der Waals surface area contributed by atoms with Crippen molar-refractivity contribution in [2.24, 2.45) is 0 Å². The Bertz CT molecular complexity index is 1660. The summed E-state index contributed by atoms with van der Waals surface area (Å²) < 4.78 is 81.3. The van der Waals surface area contributed by atoms with Crippen LogP contribution in [0.25, 0.3) is 0 Å². The van der Waals surface area contributed by atoms with Crippen molar-refractivity contribution in [3.8, 4) is 5.75 Å². The fraction of sp³-hybridized carbons (Fsp3) is 0.725. The van der Waals surface area contributed by atoms with Crippen LogP contribution in [-0.4, -0.2) is 136 Å². The lowest BCUT2D eigenvalue weighted by atomic mass is 10.0. The second kappa shape index (κ2) is 40.8. The maximum atomic E-state index is 12.1. The number of nitrogens with zero attached hydrogens (tertiary/aromatic N) is 3. The van der Waals surface area contributed by atoms with Crippen molar-refractivity contribution in [3.63, 3.8) is 0 Å². The number of ether oxygens (including phenoxy) is 9. The third kappa shape index (κ3) is 32.4. The molecule has 0 fully saturated rings. The zero-order chi connectivity index (χ0) is 47.6. The first-order valence-electron chi connectivity index (χ1n) is 25.1. The molecule has 0 radical (unpaired) electrons. The molecule has 1 heterocycles. The van der Waals surface area contributed by atoms with Crippen LogP contribution < -0.4 is 4.74 Å². The average molecular weight is 964 g/mol. The first kappa shape index (κ1) is 58.3. The Morgan fingerprint density at radius 3 is 1.31 bits per heavy atom. The summed E-state index contributed by atoms with van der Waals surface area (Å²) in [6, 6.07) is 14.7. The van der Waals surface area contributed by atoms with Crippen molar-refractivity contribution in [1.29, 1.82) is 0 Å². The van der Waals surface area contributed by atoms with Crippen LogP contribution in [0.2, 0.25) is 0 Å². The van der Waals surface area contributed by atoms with Crippen molar-refractivity contribution >= 4 is 10.1 Å². The van der Waals surface area contributed by atoms with E-state index in [4.69, 9.17) is 46.8 Å². The lowest BCUT2D eigenvalue weighted by Gasteiger charge is -2.09. The molecular formula is C51H85N3O12S. The quantitative estimate of drug-likeness (QED) is 0.0390. The third-order valence-corrected chi connectivity index (χ3v) is 12.1. The van der Waals surface area contributed by atoms with Gasteiger partial charge in [0.15, 0.2) is 0 Å². The average Bonchev–Trinajstić information content (AvgIpc) is 3.78. The van der Waals surface area contributed by atoms with E-state index in [0.717, 1.165) is 35.6 Å².